The summed E-state index contributed by atoms with van der Waals surface area (Å²) in [6.45, 7) is 1.99. The molecule has 0 atom stereocenters. The fourth-order valence-electron chi connectivity index (χ4n) is 1.00. The number of carbonyl (C=O) groups excluding carboxylic acids is 1. The van der Waals surface area contributed by atoms with Crippen LogP contribution in [0.25, 0.3) is 0 Å². The zero-order valence-electron chi connectivity index (χ0n) is 8.60. The first-order valence-electron chi connectivity index (χ1n) is 4.48. The molecule has 16 heavy (non-hydrogen) atoms. The number of hydrogen-bond donors (Lipinski definition) is 3. The van der Waals surface area contributed by atoms with Crippen molar-refractivity contribution >= 4 is 21.9 Å². The predicted octanol–water partition coefficient (Wildman–Crippen LogP) is -0.328. The van der Waals surface area contributed by atoms with Gasteiger partial charge in [0.15, 0.2) is 0 Å². The highest BCUT2D eigenvalue weighted by Gasteiger charge is 2.20. The highest BCUT2D eigenvalue weighted by molar-refractivity contribution is 7.90. The Morgan fingerprint density at radius 2 is 2.25 bits per heavy atom. The summed E-state index contributed by atoms with van der Waals surface area (Å²) in [6.07, 6.45) is 1.36. The first-order valence-corrected chi connectivity index (χ1v) is 5.97. The summed E-state index contributed by atoms with van der Waals surface area (Å²) in [4.78, 5) is 14.5. The van der Waals surface area contributed by atoms with Gasteiger partial charge < -0.3 is 11.1 Å². The lowest BCUT2D eigenvalue weighted by Gasteiger charge is -2.08. The van der Waals surface area contributed by atoms with Gasteiger partial charge in [0.1, 0.15) is 10.7 Å². The summed E-state index contributed by atoms with van der Waals surface area (Å²) in [5.41, 5.74) is 5.39. The number of urea groups is 1. The molecule has 0 unspecified atom stereocenters. The number of rotatable bonds is 3. The van der Waals surface area contributed by atoms with E-state index in [1.54, 1.807) is 6.92 Å². The summed E-state index contributed by atoms with van der Waals surface area (Å²) in [5.74, 6) is -0.153. The molecule has 0 saturated heterocycles. The van der Waals surface area contributed by atoms with Crippen molar-refractivity contribution in [3.05, 3.63) is 18.3 Å². The second-order valence-corrected chi connectivity index (χ2v) is 4.50. The van der Waals surface area contributed by atoms with E-state index in [2.05, 4.69) is 10.3 Å². The van der Waals surface area contributed by atoms with Crippen LogP contribution < -0.4 is 15.8 Å². The fourth-order valence-corrected chi connectivity index (χ4v) is 2.02. The van der Waals surface area contributed by atoms with Gasteiger partial charge in [-0.15, -0.1) is 0 Å². The molecule has 88 valence electrons. The van der Waals surface area contributed by atoms with Crippen molar-refractivity contribution in [2.75, 3.05) is 12.3 Å². The lowest BCUT2D eigenvalue weighted by atomic mass is 10.5. The number of nitrogens with zero attached hydrogens (tertiary/aromatic N) is 1. The molecule has 0 aliphatic rings. The Morgan fingerprint density at radius 3 is 2.81 bits per heavy atom. The second kappa shape index (κ2) is 4.79. The molecule has 0 saturated carbocycles. The van der Waals surface area contributed by atoms with Gasteiger partial charge in [0.2, 0.25) is 0 Å². The van der Waals surface area contributed by atoms with Gasteiger partial charge >= 0.3 is 6.03 Å². The van der Waals surface area contributed by atoms with Gasteiger partial charge in [0.05, 0.1) is 0 Å². The molecule has 0 radical (unpaired) electrons. The molecule has 0 aliphatic carbocycles. The minimum atomic E-state index is -3.96. The molecule has 4 N–H and O–H groups in total. The van der Waals surface area contributed by atoms with E-state index in [9.17, 15) is 13.2 Å². The Kier molecular flexibility index (Phi) is 3.67. The van der Waals surface area contributed by atoms with E-state index >= 15 is 0 Å². The largest absolute Gasteiger partial charge is 0.383 e. The van der Waals surface area contributed by atoms with Crippen LogP contribution in [0.4, 0.5) is 10.6 Å². The molecule has 1 rings (SSSR count). The Balaban J connectivity index is 2.95. The number of nitrogens with two attached hydrogens (primary N) is 1. The van der Waals surface area contributed by atoms with Crippen molar-refractivity contribution in [1.82, 2.24) is 15.0 Å². The predicted molar refractivity (Wildman–Crippen MR) is 58.0 cm³/mol. The monoisotopic (exact) mass is 244 g/mol. The fraction of sp³-hybridized carbons (Fsp3) is 0.250. The van der Waals surface area contributed by atoms with E-state index in [0.29, 0.717) is 6.54 Å². The van der Waals surface area contributed by atoms with Crippen molar-refractivity contribution in [2.45, 2.75) is 11.8 Å². The SMILES string of the molecule is CCNC(=O)NS(=O)(=O)c1cccnc1N. The van der Waals surface area contributed by atoms with Crippen molar-refractivity contribution in [3.8, 4) is 0 Å². The molecule has 1 aromatic heterocycles. The van der Waals surface area contributed by atoms with E-state index in [4.69, 9.17) is 5.73 Å². The Morgan fingerprint density at radius 1 is 1.56 bits per heavy atom. The summed E-state index contributed by atoms with van der Waals surface area (Å²) in [7, 11) is -3.96. The number of sulfonamides is 1. The number of pyridine rings is 1. The second-order valence-electron chi connectivity index (χ2n) is 2.85. The number of nitrogen functional groups attached to an aromatic ring is 1. The van der Waals surface area contributed by atoms with Gasteiger partial charge in [-0.2, -0.15) is 0 Å². The topological polar surface area (TPSA) is 114 Å². The highest BCUT2D eigenvalue weighted by Crippen LogP contribution is 2.13. The molecule has 0 spiro atoms. The van der Waals surface area contributed by atoms with Gasteiger partial charge in [0, 0.05) is 12.7 Å². The average molecular weight is 244 g/mol. The number of nitrogens with one attached hydrogen (secondary N) is 2. The maximum absolute atomic E-state index is 11.6. The molecule has 0 aromatic carbocycles. The molecular formula is C8H12N4O3S. The lowest BCUT2D eigenvalue weighted by Crippen LogP contribution is -2.39. The van der Waals surface area contributed by atoms with Crippen LogP contribution in [-0.4, -0.2) is 26.0 Å². The standard InChI is InChI=1S/C8H12N4O3S/c1-2-10-8(13)12-16(14,15)6-4-3-5-11-7(6)9/h3-5H,2H2,1H3,(H2,9,11)(H2,10,12,13). The van der Waals surface area contributed by atoms with Crippen molar-refractivity contribution in [1.29, 1.82) is 0 Å². The highest BCUT2D eigenvalue weighted by atomic mass is 32.2. The molecule has 8 heteroatoms. The molecule has 2 amide bonds. The molecule has 0 fully saturated rings. The summed E-state index contributed by atoms with van der Waals surface area (Å²) < 4.78 is 25.1. The third-order valence-electron chi connectivity index (χ3n) is 1.65. The maximum Gasteiger partial charge on any atom is 0.328 e. The number of carbonyl (C=O) groups is 1. The van der Waals surface area contributed by atoms with E-state index in [1.165, 1.54) is 18.3 Å². The van der Waals surface area contributed by atoms with Crippen molar-refractivity contribution < 1.29 is 13.2 Å². The van der Waals surface area contributed by atoms with Crippen molar-refractivity contribution in [3.63, 3.8) is 0 Å². The minimum Gasteiger partial charge on any atom is -0.383 e. The van der Waals surface area contributed by atoms with Crippen LogP contribution in [0.1, 0.15) is 6.92 Å². The first kappa shape index (κ1) is 12.2. The smallest absolute Gasteiger partial charge is 0.328 e. The van der Waals surface area contributed by atoms with Gasteiger partial charge in [0.25, 0.3) is 10.0 Å². The third-order valence-corrected chi connectivity index (χ3v) is 3.03. The normalized spacial score (nSPS) is 10.8. The van der Waals surface area contributed by atoms with Crippen LogP contribution in [0.15, 0.2) is 23.2 Å². The van der Waals surface area contributed by atoms with Crippen molar-refractivity contribution in [2.24, 2.45) is 0 Å². The van der Waals surface area contributed by atoms with Crippen LogP contribution in [-0.2, 0) is 10.0 Å². The quantitative estimate of drug-likeness (QED) is 0.673. The van der Waals surface area contributed by atoms with Crippen LogP contribution in [0.3, 0.4) is 0 Å². The molecule has 0 bridgehead atoms. The van der Waals surface area contributed by atoms with Crippen LogP contribution in [0.5, 0.6) is 0 Å². The molecule has 1 aromatic rings. The molecule has 0 aliphatic heterocycles. The average Bonchev–Trinajstić information content (AvgIpc) is 2.17. The zero-order valence-corrected chi connectivity index (χ0v) is 9.41. The molecule has 7 nitrogen and oxygen atoms in total. The van der Waals surface area contributed by atoms with E-state index in [0.717, 1.165) is 0 Å². The maximum atomic E-state index is 11.6. The molecule has 1 heterocycles. The Bertz CT molecular complexity index is 486. The Labute approximate surface area is 93.1 Å². The van der Waals surface area contributed by atoms with Gasteiger partial charge in [-0.25, -0.2) is 22.9 Å². The van der Waals surface area contributed by atoms with E-state index < -0.39 is 16.1 Å². The zero-order chi connectivity index (χ0) is 12.2. The minimum absolute atomic E-state index is 0.153. The first-order chi connectivity index (χ1) is 7.47. The van der Waals surface area contributed by atoms with Gasteiger partial charge in [-0.05, 0) is 19.1 Å². The number of hydrogen-bond acceptors (Lipinski definition) is 5. The number of aromatic nitrogens is 1. The summed E-state index contributed by atoms with van der Waals surface area (Å²) in [5, 5.41) is 2.30. The summed E-state index contributed by atoms with van der Waals surface area (Å²) in [6, 6.07) is 1.89. The number of anilines is 1. The van der Waals surface area contributed by atoms with Crippen LogP contribution in [0.2, 0.25) is 0 Å². The van der Waals surface area contributed by atoms with Gasteiger partial charge in [-0.1, -0.05) is 0 Å². The third kappa shape index (κ3) is 2.83. The summed E-state index contributed by atoms with van der Waals surface area (Å²) >= 11 is 0. The number of amides is 2. The van der Waals surface area contributed by atoms with E-state index in [-0.39, 0.29) is 10.7 Å². The van der Waals surface area contributed by atoms with Crippen LogP contribution >= 0.6 is 0 Å². The van der Waals surface area contributed by atoms with E-state index in [1.807, 2.05) is 4.72 Å². The van der Waals surface area contributed by atoms with Gasteiger partial charge in [-0.3, -0.25) is 0 Å². The Hall–Kier alpha value is -1.83. The molecular weight excluding hydrogens is 232 g/mol. The van der Waals surface area contributed by atoms with Crippen LogP contribution in [0, 0.1) is 0 Å². The lowest BCUT2D eigenvalue weighted by molar-refractivity contribution is 0.246.